The quantitative estimate of drug-likeness (QED) is 0.192. The van der Waals surface area contributed by atoms with Crippen molar-refractivity contribution in [2.24, 2.45) is 0 Å². The number of imidazole rings is 1. The van der Waals surface area contributed by atoms with Crippen LogP contribution in [0.25, 0.3) is 22.4 Å². The van der Waals surface area contributed by atoms with Crippen LogP contribution in [0.4, 0.5) is 34.7 Å². The minimum absolute atomic E-state index is 0.00475. The van der Waals surface area contributed by atoms with Crippen LogP contribution in [-0.2, 0) is 21.6 Å². The van der Waals surface area contributed by atoms with Gasteiger partial charge in [-0.15, -0.1) is 0 Å². The molecule has 1 atom stereocenters. The summed E-state index contributed by atoms with van der Waals surface area (Å²) in [7, 11) is 2.77. The number of carbonyl (C=O) groups excluding carboxylic acids is 2. The van der Waals surface area contributed by atoms with E-state index in [-0.39, 0.29) is 30.1 Å². The molecule has 1 aromatic carbocycles. The normalized spacial score (nSPS) is 15.8. The number of ether oxygens (including phenoxy) is 3. The highest BCUT2D eigenvalue weighted by Crippen LogP contribution is 2.39. The van der Waals surface area contributed by atoms with E-state index in [1.807, 2.05) is 11.0 Å². The van der Waals surface area contributed by atoms with E-state index in [9.17, 15) is 28.3 Å². The molecule has 0 saturated carbocycles. The molecule has 1 unspecified atom stereocenters. The summed E-state index contributed by atoms with van der Waals surface area (Å²) >= 11 is 0. The van der Waals surface area contributed by atoms with Gasteiger partial charge < -0.3 is 34.1 Å². The van der Waals surface area contributed by atoms with Crippen molar-refractivity contribution in [2.45, 2.75) is 51.3 Å². The minimum atomic E-state index is -1.63. The van der Waals surface area contributed by atoms with Gasteiger partial charge in [-0.1, -0.05) is 0 Å². The maximum Gasteiger partial charge on any atom is 0.425 e. The Hall–Kier alpha value is -6.46. The molecule has 1 fully saturated rings. The number of alkyl carbamates (subject to hydrolysis) is 1. The van der Waals surface area contributed by atoms with Crippen LogP contribution in [-0.4, -0.2) is 85.8 Å². The monoisotopic (exact) mass is 745 g/mol. The number of amides is 3. The molecule has 0 bridgehead atoms. The van der Waals surface area contributed by atoms with Crippen molar-refractivity contribution in [2.75, 3.05) is 37.1 Å². The van der Waals surface area contributed by atoms with Gasteiger partial charge in [0.2, 0.25) is 5.88 Å². The van der Waals surface area contributed by atoms with Crippen molar-refractivity contribution in [3.63, 3.8) is 0 Å². The molecule has 18 heteroatoms. The van der Waals surface area contributed by atoms with E-state index in [2.05, 4.69) is 30.2 Å². The third-order valence-electron chi connectivity index (χ3n) is 8.72. The smallest absolute Gasteiger partial charge is 0.425 e. The topological polar surface area (TPSA) is 187 Å². The highest BCUT2D eigenvalue weighted by Gasteiger charge is 2.42. The van der Waals surface area contributed by atoms with E-state index in [1.165, 1.54) is 26.6 Å². The SMILES string of the molecule is COC(=O)NC1(c2cccnc2OC)CCCN(c2cnc(-c3ccc(F)c(F)c3)cc2Cn2cnc3c(N(C(=O)O)C(=O)OC(C)(C)C)ncnc32)C1. The number of hydrogen-bond acceptors (Lipinski definition) is 12. The summed E-state index contributed by atoms with van der Waals surface area (Å²) in [6.07, 6.45) is 3.37. The molecule has 5 aromatic rings. The Kier molecular flexibility index (Phi) is 10.3. The molecular weight excluding hydrogens is 708 g/mol. The van der Waals surface area contributed by atoms with Crippen LogP contribution in [0, 0.1) is 11.6 Å². The van der Waals surface area contributed by atoms with Gasteiger partial charge in [-0.25, -0.2) is 43.1 Å². The predicted molar refractivity (Wildman–Crippen MR) is 190 cm³/mol. The number of carbonyl (C=O) groups is 3. The second kappa shape index (κ2) is 14.9. The van der Waals surface area contributed by atoms with Crippen LogP contribution in [0.5, 0.6) is 5.88 Å². The second-order valence-electron chi connectivity index (χ2n) is 13.5. The molecule has 5 heterocycles. The summed E-state index contributed by atoms with van der Waals surface area (Å²) in [5, 5.41) is 13.0. The lowest BCUT2D eigenvalue weighted by Gasteiger charge is -2.44. The van der Waals surface area contributed by atoms with Gasteiger partial charge in [-0.05, 0) is 75.6 Å². The largest absolute Gasteiger partial charge is 0.481 e. The Balaban J connectivity index is 1.46. The average molecular weight is 746 g/mol. The Morgan fingerprint density at radius 3 is 2.54 bits per heavy atom. The number of carboxylic acid groups (broad SMARTS) is 1. The number of hydrogen-bond donors (Lipinski definition) is 2. The predicted octanol–water partition coefficient (Wildman–Crippen LogP) is 5.89. The number of rotatable bonds is 8. The van der Waals surface area contributed by atoms with Crippen LogP contribution >= 0.6 is 0 Å². The minimum Gasteiger partial charge on any atom is -0.481 e. The second-order valence-corrected chi connectivity index (χ2v) is 13.5. The molecule has 1 saturated heterocycles. The van der Waals surface area contributed by atoms with Crippen molar-refractivity contribution in [3.8, 4) is 17.1 Å². The maximum absolute atomic E-state index is 14.4. The van der Waals surface area contributed by atoms with Crippen LogP contribution < -0.4 is 19.9 Å². The summed E-state index contributed by atoms with van der Waals surface area (Å²) in [6.45, 7) is 5.62. The van der Waals surface area contributed by atoms with Crippen molar-refractivity contribution < 1.29 is 42.5 Å². The maximum atomic E-state index is 14.4. The van der Waals surface area contributed by atoms with E-state index < -0.39 is 41.1 Å². The number of methoxy groups -OCH3 is 2. The van der Waals surface area contributed by atoms with E-state index in [0.717, 1.165) is 18.5 Å². The zero-order valence-corrected chi connectivity index (χ0v) is 30.0. The first-order valence-corrected chi connectivity index (χ1v) is 16.7. The number of benzene rings is 1. The molecule has 0 aliphatic carbocycles. The lowest BCUT2D eigenvalue weighted by molar-refractivity contribution is 0.0581. The molecule has 282 valence electrons. The molecule has 0 spiro atoms. The Bertz CT molecular complexity index is 2230. The zero-order valence-electron chi connectivity index (χ0n) is 30.0. The molecule has 4 aromatic heterocycles. The van der Waals surface area contributed by atoms with Gasteiger partial charge in [0.25, 0.3) is 0 Å². The Labute approximate surface area is 307 Å². The highest BCUT2D eigenvalue weighted by atomic mass is 19.2. The molecule has 16 nitrogen and oxygen atoms in total. The molecular formula is C36H37F2N9O7. The first kappa shape index (κ1) is 37.3. The lowest BCUT2D eigenvalue weighted by Crippen LogP contribution is -2.57. The van der Waals surface area contributed by atoms with E-state index >= 15 is 0 Å². The van der Waals surface area contributed by atoms with Gasteiger partial charge >= 0.3 is 18.3 Å². The van der Waals surface area contributed by atoms with Crippen molar-refractivity contribution in [3.05, 3.63) is 84.2 Å². The number of halogens is 2. The molecule has 3 amide bonds. The van der Waals surface area contributed by atoms with E-state index in [0.29, 0.717) is 58.2 Å². The van der Waals surface area contributed by atoms with Gasteiger partial charge in [0, 0.05) is 30.4 Å². The third-order valence-corrected chi connectivity index (χ3v) is 8.72. The van der Waals surface area contributed by atoms with Gasteiger partial charge in [-0.3, -0.25) is 4.98 Å². The summed E-state index contributed by atoms with van der Waals surface area (Å²) in [4.78, 5) is 62.3. The highest BCUT2D eigenvalue weighted by molar-refractivity contribution is 6.11. The summed E-state index contributed by atoms with van der Waals surface area (Å²) in [6, 6.07) is 8.76. The molecule has 1 aliphatic heterocycles. The van der Waals surface area contributed by atoms with Gasteiger partial charge in [0.1, 0.15) is 11.9 Å². The van der Waals surface area contributed by atoms with Crippen LogP contribution in [0.1, 0.15) is 44.7 Å². The fourth-order valence-corrected chi connectivity index (χ4v) is 6.42. The summed E-state index contributed by atoms with van der Waals surface area (Å²) in [5.74, 6) is -2.04. The summed E-state index contributed by atoms with van der Waals surface area (Å²) < 4.78 is 45.9. The van der Waals surface area contributed by atoms with E-state index in [4.69, 9.17) is 14.2 Å². The summed E-state index contributed by atoms with van der Waals surface area (Å²) in [5.41, 5.74) is 0.698. The fourth-order valence-electron chi connectivity index (χ4n) is 6.42. The van der Waals surface area contributed by atoms with Gasteiger partial charge in [0.05, 0.1) is 50.2 Å². The molecule has 1 aliphatic rings. The first-order chi connectivity index (χ1) is 25.7. The number of pyridine rings is 2. The lowest BCUT2D eigenvalue weighted by atomic mass is 9.82. The van der Waals surface area contributed by atoms with Crippen molar-refractivity contribution in [1.82, 2.24) is 34.8 Å². The number of anilines is 2. The molecule has 2 N–H and O–H groups in total. The van der Waals surface area contributed by atoms with Crippen LogP contribution in [0.2, 0.25) is 0 Å². The fraction of sp³-hybridized carbons (Fsp3) is 0.333. The Morgan fingerprint density at radius 1 is 1.04 bits per heavy atom. The molecule has 0 radical (unpaired) electrons. The number of aromatic nitrogens is 6. The number of fused-ring (bicyclic) bond motifs is 1. The Morgan fingerprint density at radius 2 is 1.83 bits per heavy atom. The van der Waals surface area contributed by atoms with Gasteiger partial charge in [-0.2, -0.15) is 4.90 Å². The molecule has 54 heavy (non-hydrogen) atoms. The number of nitrogens with zero attached hydrogens (tertiary/aromatic N) is 8. The number of imide groups is 1. The number of nitrogens with one attached hydrogen (secondary N) is 1. The van der Waals surface area contributed by atoms with Crippen molar-refractivity contribution in [1.29, 1.82) is 0 Å². The van der Waals surface area contributed by atoms with Crippen LogP contribution in [0.3, 0.4) is 0 Å². The first-order valence-electron chi connectivity index (χ1n) is 16.7. The molecule has 6 rings (SSSR count). The number of piperidine rings is 1. The van der Waals surface area contributed by atoms with E-state index in [1.54, 1.807) is 49.9 Å². The average Bonchev–Trinajstić information content (AvgIpc) is 3.55. The standard InChI is InChI=1S/C36H37F2N9O7/c1-35(2,3)54-34(51)47(33(49)50)30-28-29(41-19-42-30)46(20-43-28)17-22-15-26(21-9-10-24(37)25(38)14-21)40-16-27(22)45-13-7-11-36(18-45,44-32(48)53-5)23-8-6-12-39-31(23)52-4/h6,8-10,12,14-16,19-20H,7,11,13,17-18H2,1-5H3,(H,44,48)(H,49,50). The van der Waals surface area contributed by atoms with Crippen LogP contribution in [0.15, 0.2) is 61.4 Å². The van der Waals surface area contributed by atoms with Gasteiger partial charge in [0.15, 0.2) is 28.6 Å². The zero-order chi connectivity index (χ0) is 38.8. The third kappa shape index (κ3) is 7.53. The van der Waals surface area contributed by atoms with Crippen molar-refractivity contribution >= 4 is 40.9 Å².